The SMILES string of the molecule is COC(=O)[C@@H]1COC2(CCC(c3ccc(OC(=O)C(C)(C)C)cc3)CC2)N1. The molecule has 148 valence electrons. The van der Waals surface area contributed by atoms with Crippen LogP contribution in [0.15, 0.2) is 24.3 Å². The van der Waals surface area contributed by atoms with Crippen LogP contribution >= 0.6 is 0 Å². The van der Waals surface area contributed by atoms with Gasteiger partial charge in [0.25, 0.3) is 0 Å². The zero-order chi connectivity index (χ0) is 19.7. The topological polar surface area (TPSA) is 73.9 Å². The first kappa shape index (κ1) is 19.8. The van der Waals surface area contributed by atoms with E-state index in [0.29, 0.717) is 18.3 Å². The van der Waals surface area contributed by atoms with Crippen molar-refractivity contribution in [3.8, 4) is 5.75 Å². The zero-order valence-electron chi connectivity index (χ0n) is 16.5. The van der Waals surface area contributed by atoms with E-state index in [9.17, 15) is 9.59 Å². The molecule has 1 aliphatic carbocycles. The van der Waals surface area contributed by atoms with Crippen molar-refractivity contribution in [1.29, 1.82) is 0 Å². The maximum absolute atomic E-state index is 12.0. The summed E-state index contributed by atoms with van der Waals surface area (Å²) in [6, 6.07) is 7.42. The highest BCUT2D eigenvalue weighted by Crippen LogP contribution is 2.41. The summed E-state index contributed by atoms with van der Waals surface area (Å²) < 4.78 is 16.2. The van der Waals surface area contributed by atoms with E-state index in [0.717, 1.165) is 25.7 Å². The summed E-state index contributed by atoms with van der Waals surface area (Å²) in [6.07, 6.45) is 3.65. The van der Waals surface area contributed by atoms with Crippen LogP contribution in [0.2, 0.25) is 0 Å². The van der Waals surface area contributed by atoms with Crippen molar-refractivity contribution in [2.45, 2.75) is 64.1 Å². The molecule has 2 aliphatic rings. The highest BCUT2D eigenvalue weighted by Gasteiger charge is 2.45. The van der Waals surface area contributed by atoms with E-state index in [4.69, 9.17) is 14.2 Å². The van der Waals surface area contributed by atoms with Gasteiger partial charge in [-0.25, -0.2) is 0 Å². The molecule has 2 fully saturated rings. The van der Waals surface area contributed by atoms with Gasteiger partial charge in [-0.3, -0.25) is 14.9 Å². The number of methoxy groups -OCH3 is 1. The van der Waals surface area contributed by atoms with Gasteiger partial charge in [-0.1, -0.05) is 12.1 Å². The maximum atomic E-state index is 12.0. The predicted molar refractivity (Wildman–Crippen MR) is 100 cm³/mol. The summed E-state index contributed by atoms with van der Waals surface area (Å²) in [4.78, 5) is 23.7. The van der Waals surface area contributed by atoms with Crippen LogP contribution in [-0.2, 0) is 19.1 Å². The maximum Gasteiger partial charge on any atom is 0.325 e. The molecule has 1 atom stereocenters. The molecular formula is C21H29NO5. The number of rotatable bonds is 3. The Balaban J connectivity index is 1.56. The summed E-state index contributed by atoms with van der Waals surface area (Å²) in [7, 11) is 1.40. The number of carbonyl (C=O) groups excluding carboxylic acids is 2. The molecule has 1 aliphatic heterocycles. The Morgan fingerprint density at radius 2 is 1.78 bits per heavy atom. The van der Waals surface area contributed by atoms with E-state index in [-0.39, 0.29) is 18.0 Å². The molecule has 1 saturated heterocycles. The second-order valence-corrected chi connectivity index (χ2v) is 8.51. The second kappa shape index (κ2) is 7.60. The van der Waals surface area contributed by atoms with Crippen molar-refractivity contribution >= 4 is 11.9 Å². The Bertz CT molecular complexity index is 684. The Kier molecular flexibility index (Phi) is 5.58. The molecule has 1 spiro atoms. The van der Waals surface area contributed by atoms with Crippen molar-refractivity contribution in [2.75, 3.05) is 13.7 Å². The summed E-state index contributed by atoms with van der Waals surface area (Å²) in [5, 5.41) is 3.32. The number of nitrogens with one attached hydrogen (secondary N) is 1. The minimum atomic E-state index is -0.521. The molecular weight excluding hydrogens is 346 g/mol. The molecule has 6 nitrogen and oxygen atoms in total. The third-order valence-electron chi connectivity index (χ3n) is 5.42. The Labute approximate surface area is 160 Å². The van der Waals surface area contributed by atoms with E-state index in [1.807, 2.05) is 45.0 Å². The summed E-state index contributed by atoms with van der Waals surface area (Å²) in [5.74, 6) is 0.507. The van der Waals surface area contributed by atoms with Gasteiger partial charge in [0.1, 0.15) is 17.5 Å². The molecule has 0 bridgehead atoms. The molecule has 1 aromatic carbocycles. The fourth-order valence-corrected chi connectivity index (χ4v) is 3.69. The molecule has 1 saturated carbocycles. The van der Waals surface area contributed by atoms with E-state index < -0.39 is 11.1 Å². The first-order valence-electron chi connectivity index (χ1n) is 9.54. The zero-order valence-corrected chi connectivity index (χ0v) is 16.5. The monoisotopic (exact) mass is 375 g/mol. The quantitative estimate of drug-likeness (QED) is 0.646. The van der Waals surface area contributed by atoms with Gasteiger partial charge in [0.05, 0.1) is 19.1 Å². The normalized spacial score (nSPS) is 28.1. The standard InChI is InChI=1S/C21H29NO5/c1-20(2,3)19(24)27-16-7-5-14(6-8-16)15-9-11-21(12-10-15)22-17(13-26-21)18(23)25-4/h5-8,15,17,22H,9-13H2,1-4H3/t15?,17-,21?/m0/s1. The van der Waals surface area contributed by atoms with Crippen LogP contribution in [0.4, 0.5) is 0 Å². The van der Waals surface area contributed by atoms with Gasteiger partial charge in [-0.2, -0.15) is 0 Å². The molecule has 1 N–H and O–H groups in total. The minimum Gasteiger partial charge on any atom is -0.468 e. The number of benzene rings is 1. The Hall–Kier alpha value is -1.92. The minimum absolute atomic E-state index is 0.237. The first-order chi connectivity index (χ1) is 12.7. The van der Waals surface area contributed by atoms with E-state index in [1.165, 1.54) is 12.7 Å². The predicted octanol–water partition coefficient (Wildman–Crippen LogP) is 3.15. The summed E-state index contributed by atoms with van der Waals surface area (Å²) in [5.41, 5.74) is 0.312. The molecule has 0 radical (unpaired) electrons. The van der Waals surface area contributed by atoms with Gasteiger partial charge in [-0.15, -0.1) is 0 Å². The van der Waals surface area contributed by atoms with Gasteiger partial charge in [-0.05, 0) is 70.1 Å². The van der Waals surface area contributed by atoms with Crippen molar-refractivity contribution < 1.29 is 23.8 Å². The van der Waals surface area contributed by atoms with E-state index in [1.54, 1.807) is 0 Å². The number of ether oxygens (including phenoxy) is 3. The van der Waals surface area contributed by atoms with Gasteiger partial charge >= 0.3 is 11.9 Å². The fraction of sp³-hybridized carbons (Fsp3) is 0.619. The third kappa shape index (κ3) is 4.50. The molecule has 1 aromatic rings. The number of carbonyl (C=O) groups is 2. The molecule has 6 heteroatoms. The van der Waals surface area contributed by atoms with Crippen LogP contribution in [0.3, 0.4) is 0 Å². The summed E-state index contributed by atoms with van der Waals surface area (Å²) in [6.45, 7) is 5.88. The van der Waals surface area contributed by atoms with Crippen LogP contribution in [0.5, 0.6) is 5.75 Å². The van der Waals surface area contributed by atoms with Crippen LogP contribution in [0, 0.1) is 5.41 Å². The highest BCUT2D eigenvalue weighted by molar-refractivity contribution is 5.77. The van der Waals surface area contributed by atoms with Crippen LogP contribution in [0.25, 0.3) is 0 Å². The van der Waals surface area contributed by atoms with Gasteiger partial charge in [0.2, 0.25) is 0 Å². The van der Waals surface area contributed by atoms with Crippen molar-refractivity contribution in [3.63, 3.8) is 0 Å². The molecule has 0 amide bonds. The lowest BCUT2D eigenvalue weighted by atomic mass is 9.80. The lowest BCUT2D eigenvalue weighted by Crippen LogP contribution is -2.48. The smallest absolute Gasteiger partial charge is 0.325 e. The van der Waals surface area contributed by atoms with Gasteiger partial charge in [0, 0.05) is 0 Å². The molecule has 3 rings (SSSR count). The lowest BCUT2D eigenvalue weighted by Gasteiger charge is -2.37. The van der Waals surface area contributed by atoms with Crippen LogP contribution < -0.4 is 10.1 Å². The van der Waals surface area contributed by atoms with Crippen molar-refractivity contribution in [3.05, 3.63) is 29.8 Å². The number of hydrogen-bond donors (Lipinski definition) is 1. The van der Waals surface area contributed by atoms with Crippen molar-refractivity contribution in [2.24, 2.45) is 5.41 Å². The molecule has 27 heavy (non-hydrogen) atoms. The van der Waals surface area contributed by atoms with Gasteiger partial charge in [0.15, 0.2) is 0 Å². The average molecular weight is 375 g/mol. The Morgan fingerprint density at radius 1 is 1.15 bits per heavy atom. The average Bonchev–Trinajstić information content (AvgIpc) is 3.05. The second-order valence-electron chi connectivity index (χ2n) is 8.51. The molecule has 0 aromatic heterocycles. The number of esters is 2. The van der Waals surface area contributed by atoms with Crippen molar-refractivity contribution in [1.82, 2.24) is 5.32 Å². The lowest BCUT2D eigenvalue weighted by molar-refractivity contribution is -0.143. The van der Waals surface area contributed by atoms with E-state index in [2.05, 4.69) is 5.32 Å². The number of hydrogen-bond acceptors (Lipinski definition) is 6. The fourth-order valence-electron chi connectivity index (χ4n) is 3.69. The molecule has 1 heterocycles. The highest BCUT2D eigenvalue weighted by atomic mass is 16.6. The third-order valence-corrected chi connectivity index (χ3v) is 5.42. The van der Waals surface area contributed by atoms with Crippen LogP contribution in [-0.4, -0.2) is 37.4 Å². The first-order valence-corrected chi connectivity index (χ1v) is 9.54. The molecule has 0 unspecified atom stereocenters. The van der Waals surface area contributed by atoms with E-state index >= 15 is 0 Å². The Morgan fingerprint density at radius 3 is 2.33 bits per heavy atom. The summed E-state index contributed by atoms with van der Waals surface area (Å²) >= 11 is 0. The largest absolute Gasteiger partial charge is 0.468 e. The van der Waals surface area contributed by atoms with Crippen LogP contribution in [0.1, 0.15) is 57.9 Å². The van der Waals surface area contributed by atoms with Gasteiger partial charge < -0.3 is 14.2 Å².